The zero-order chi connectivity index (χ0) is 28.1. The average molecular weight is 553 g/mol. The van der Waals surface area contributed by atoms with Gasteiger partial charge in [-0.2, -0.15) is 0 Å². The summed E-state index contributed by atoms with van der Waals surface area (Å²) in [5.74, 6) is 1.49. The number of ether oxygens (including phenoxy) is 2. The van der Waals surface area contributed by atoms with Crippen molar-refractivity contribution in [1.29, 1.82) is 0 Å². The average Bonchev–Trinajstić information content (AvgIpc) is 3.39. The Morgan fingerprint density at radius 3 is 2.90 bits per heavy atom. The fourth-order valence-electron chi connectivity index (χ4n) is 5.24. The maximum atomic E-state index is 13.6. The van der Waals surface area contributed by atoms with Crippen molar-refractivity contribution < 1.29 is 18.7 Å². The zero-order valence-corrected chi connectivity index (χ0v) is 22.1. The Morgan fingerprint density at radius 2 is 2.05 bits per heavy atom. The first-order valence-electron chi connectivity index (χ1n) is 13.1. The number of hydrogen-bond donors (Lipinski definition) is 1. The summed E-state index contributed by atoms with van der Waals surface area (Å²) >= 11 is 0. The largest absolute Gasteiger partial charge is 0.487 e. The normalized spacial score (nSPS) is 16.2. The molecule has 41 heavy (non-hydrogen) atoms. The third kappa shape index (κ3) is 4.52. The van der Waals surface area contributed by atoms with E-state index >= 15 is 0 Å². The van der Waals surface area contributed by atoms with Crippen LogP contribution in [0.25, 0.3) is 16.7 Å². The van der Waals surface area contributed by atoms with E-state index in [-0.39, 0.29) is 12.6 Å². The Morgan fingerprint density at radius 1 is 1.15 bits per heavy atom. The van der Waals surface area contributed by atoms with Crippen LogP contribution in [0.5, 0.6) is 17.2 Å². The van der Waals surface area contributed by atoms with Gasteiger partial charge in [-0.25, -0.2) is 24.3 Å². The number of imidazole rings is 1. The van der Waals surface area contributed by atoms with Crippen molar-refractivity contribution in [3.63, 3.8) is 0 Å². The van der Waals surface area contributed by atoms with Crippen molar-refractivity contribution in [2.45, 2.75) is 13.0 Å². The number of piperazine rings is 1. The molecule has 7 rings (SSSR count). The van der Waals surface area contributed by atoms with Crippen LogP contribution in [0.2, 0.25) is 0 Å². The smallest absolute Gasteiger partial charge is 0.282 e. The number of nitrogens with zero attached hydrogens (tertiary/aromatic N) is 7. The molecular weight excluding hydrogens is 527 g/mol. The summed E-state index contributed by atoms with van der Waals surface area (Å²) in [6.07, 6.45) is 7.00. The fourth-order valence-corrected chi connectivity index (χ4v) is 5.24. The maximum absolute atomic E-state index is 13.6. The predicted octanol–water partition coefficient (Wildman–Crippen LogP) is 4.41. The van der Waals surface area contributed by atoms with Crippen LogP contribution in [0, 0.1) is 6.92 Å². The third-order valence-electron chi connectivity index (χ3n) is 7.30. The number of carbonyl (C=O) groups excluding carboxylic acids is 1. The van der Waals surface area contributed by atoms with Crippen molar-refractivity contribution >= 4 is 39.9 Å². The van der Waals surface area contributed by atoms with E-state index in [0.29, 0.717) is 53.8 Å². The lowest BCUT2D eigenvalue weighted by atomic mass is 10.1. The van der Waals surface area contributed by atoms with Gasteiger partial charge in [0.2, 0.25) is 0 Å². The lowest BCUT2D eigenvalue weighted by Gasteiger charge is -2.39. The monoisotopic (exact) mass is 552 g/mol. The van der Waals surface area contributed by atoms with Crippen LogP contribution in [-0.2, 0) is 4.79 Å². The first-order chi connectivity index (χ1) is 19.9. The number of anilines is 3. The van der Waals surface area contributed by atoms with E-state index in [0.717, 1.165) is 22.6 Å². The summed E-state index contributed by atoms with van der Waals surface area (Å²) in [5.41, 5.74) is 3.73. The number of halogens is 1. The molecule has 2 bridgehead atoms. The second kappa shape index (κ2) is 9.73. The predicted molar refractivity (Wildman–Crippen MR) is 151 cm³/mol. The molecule has 1 saturated heterocycles. The van der Waals surface area contributed by atoms with E-state index in [1.54, 1.807) is 6.20 Å². The summed E-state index contributed by atoms with van der Waals surface area (Å²) in [6.45, 7) is 6.64. The van der Waals surface area contributed by atoms with Crippen LogP contribution < -0.4 is 19.7 Å². The maximum Gasteiger partial charge on any atom is 0.282 e. The van der Waals surface area contributed by atoms with E-state index in [9.17, 15) is 9.18 Å². The molecule has 1 aromatic carbocycles. The molecule has 4 aromatic heterocycles. The van der Waals surface area contributed by atoms with Gasteiger partial charge in [0.15, 0.2) is 23.2 Å². The summed E-state index contributed by atoms with van der Waals surface area (Å²) < 4.78 is 27.7. The van der Waals surface area contributed by atoms with E-state index < -0.39 is 11.7 Å². The lowest BCUT2D eigenvalue weighted by molar-refractivity contribution is -0.131. The zero-order valence-electron chi connectivity index (χ0n) is 22.1. The molecule has 1 fully saturated rings. The van der Waals surface area contributed by atoms with Crippen LogP contribution in [0.15, 0.2) is 73.7 Å². The number of pyridine rings is 2. The summed E-state index contributed by atoms with van der Waals surface area (Å²) in [5, 5.41) is 3.37. The number of amides is 1. The van der Waals surface area contributed by atoms with Crippen molar-refractivity contribution in [2.24, 2.45) is 0 Å². The fraction of sp³-hybridized carbons (Fsp3) is 0.207. The molecule has 1 atom stereocenters. The molecule has 12 heteroatoms. The van der Waals surface area contributed by atoms with Gasteiger partial charge in [0.25, 0.3) is 5.91 Å². The molecule has 1 amide bonds. The molecule has 0 spiro atoms. The van der Waals surface area contributed by atoms with Gasteiger partial charge in [-0.15, -0.1) is 0 Å². The topological polar surface area (TPSA) is 110 Å². The molecule has 0 aliphatic carbocycles. The van der Waals surface area contributed by atoms with E-state index in [1.807, 2.05) is 65.0 Å². The standard InChI is InChI=1S/C29H25FN8O3/c1-17-11-19(3-4-23(17)41-21-5-7-36-8-6-31-25(36)12-21)34-27-26-22(32-16-33-27)13-24-28(35-26)37-9-10-38(29(39)18(2)30)20(14-37)15-40-24/h3-8,11-13,16,20H,2,9-10,14-15H2,1H3,(H,32,33,34)/t20-/m0/s1. The Kier molecular flexibility index (Phi) is 5.88. The van der Waals surface area contributed by atoms with Gasteiger partial charge in [-0.05, 0) is 36.8 Å². The number of carbonyl (C=O) groups is 1. The van der Waals surface area contributed by atoms with Crippen molar-refractivity contribution in [1.82, 2.24) is 29.2 Å². The van der Waals surface area contributed by atoms with Crippen LogP contribution in [-0.4, -0.2) is 67.4 Å². The van der Waals surface area contributed by atoms with Gasteiger partial charge >= 0.3 is 0 Å². The Balaban J connectivity index is 1.14. The Bertz CT molecular complexity index is 1840. The molecule has 11 nitrogen and oxygen atoms in total. The molecular formula is C29H25FN8O3. The Labute approximate surface area is 233 Å². The van der Waals surface area contributed by atoms with Gasteiger partial charge in [0, 0.05) is 56.0 Å². The third-order valence-corrected chi connectivity index (χ3v) is 7.30. The highest BCUT2D eigenvalue weighted by atomic mass is 19.1. The van der Waals surface area contributed by atoms with Crippen molar-refractivity contribution in [3.05, 3.63) is 79.3 Å². The summed E-state index contributed by atoms with van der Waals surface area (Å²) in [7, 11) is 0. The quantitative estimate of drug-likeness (QED) is 0.317. The Hall–Kier alpha value is -5.26. The van der Waals surface area contributed by atoms with Gasteiger partial charge in [0.1, 0.15) is 35.6 Å². The summed E-state index contributed by atoms with van der Waals surface area (Å²) in [6, 6.07) is 11.1. The van der Waals surface area contributed by atoms with Gasteiger partial charge in [0.05, 0.1) is 11.6 Å². The second-order valence-electron chi connectivity index (χ2n) is 9.98. The minimum Gasteiger partial charge on any atom is -0.487 e. The lowest BCUT2D eigenvalue weighted by Crippen LogP contribution is -2.56. The molecule has 0 unspecified atom stereocenters. The summed E-state index contributed by atoms with van der Waals surface area (Å²) in [4.78, 5) is 33.9. The number of aryl methyl sites for hydroxylation is 1. The molecule has 5 aromatic rings. The minimum atomic E-state index is -0.972. The number of aromatic nitrogens is 5. The minimum absolute atomic E-state index is 0.218. The highest BCUT2D eigenvalue weighted by molar-refractivity contribution is 5.92. The van der Waals surface area contributed by atoms with E-state index in [2.05, 4.69) is 26.8 Å². The first kappa shape index (κ1) is 24.8. The first-order valence-corrected chi connectivity index (χ1v) is 13.1. The van der Waals surface area contributed by atoms with Crippen LogP contribution in [0.1, 0.15) is 5.56 Å². The van der Waals surface area contributed by atoms with Crippen LogP contribution in [0.4, 0.5) is 21.7 Å². The molecule has 1 N–H and O–H groups in total. The van der Waals surface area contributed by atoms with E-state index in [4.69, 9.17) is 14.5 Å². The number of nitrogens with one attached hydrogen (secondary N) is 1. The molecule has 2 aliphatic rings. The molecule has 0 saturated carbocycles. The SMILES string of the molecule is C=C(F)C(=O)N1CCN2C[C@H]1COc1cc3ncnc(Nc4ccc(Oc5ccn6ccnc6c5)c(C)c4)c3nc12. The van der Waals surface area contributed by atoms with Gasteiger partial charge < -0.3 is 29.0 Å². The number of benzene rings is 1. The molecule has 0 radical (unpaired) electrons. The molecule has 6 heterocycles. The highest BCUT2D eigenvalue weighted by Crippen LogP contribution is 2.36. The second-order valence-corrected chi connectivity index (χ2v) is 9.98. The van der Waals surface area contributed by atoms with Gasteiger partial charge in [-0.3, -0.25) is 4.79 Å². The molecule has 206 valence electrons. The van der Waals surface area contributed by atoms with Gasteiger partial charge in [-0.1, -0.05) is 6.58 Å². The number of rotatable bonds is 5. The number of fused-ring (bicyclic) bond motifs is 6. The highest BCUT2D eigenvalue weighted by Gasteiger charge is 2.36. The van der Waals surface area contributed by atoms with Crippen molar-refractivity contribution in [2.75, 3.05) is 36.5 Å². The van der Waals surface area contributed by atoms with Crippen LogP contribution in [0.3, 0.4) is 0 Å². The van der Waals surface area contributed by atoms with E-state index in [1.165, 1.54) is 11.2 Å². The molecule has 2 aliphatic heterocycles. The van der Waals surface area contributed by atoms with Crippen molar-refractivity contribution in [3.8, 4) is 17.2 Å². The number of hydrogen-bond acceptors (Lipinski definition) is 9. The van der Waals surface area contributed by atoms with Crippen LogP contribution >= 0.6 is 0 Å².